The number of para-hydroxylation sites is 1. The number of rotatable bonds is 2. The SMILES string of the molecule is O=C(N[C@H]1[C@@H]2CC3C[C@H]1C[C@](O)(C3)C2)c1cc2ccccc2o1. The van der Waals surface area contributed by atoms with E-state index in [-0.39, 0.29) is 11.9 Å². The molecule has 4 nitrogen and oxygen atoms in total. The zero-order chi connectivity index (χ0) is 15.6. The zero-order valence-electron chi connectivity index (χ0n) is 13.0. The van der Waals surface area contributed by atoms with Crippen LogP contribution >= 0.6 is 0 Å². The van der Waals surface area contributed by atoms with Crippen molar-refractivity contribution in [1.82, 2.24) is 5.32 Å². The first-order chi connectivity index (χ1) is 11.1. The third-order valence-electron chi connectivity index (χ3n) is 6.19. The Hall–Kier alpha value is -1.81. The van der Waals surface area contributed by atoms with Crippen LogP contribution in [-0.2, 0) is 0 Å². The highest BCUT2D eigenvalue weighted by atomic mass is 16.3. The molecule has 0 aliphatic heterocycles. The summed E-state index contributed by atoms with van der Waals surface area (Å²) in [5, 5.41) is 14.8. The van der Waals surface area contributed by atoms with Gasteiger partial charge in [-0.2, -0.15) is 0 Å². The maximum atomic E-state index is 12.6. The van der Waals surface area contributed by atoms with E-state index in [0.29, 0.717) is 23.5 Å². The minimum atomic E-state index is -0.461. The lowest BCUT2D eigenvalue weighted by Gasteiger charge is -2.58. The fraction of sp³-hybridized carbons (Fsp3) is 0.526. The molecule has 1 heterocycles. The summed E-state index contributed by atoms with van der Waals surface area (Å²) in [4.78, 5) is 12.6. The minimum absolute atomic E-state index is 0.120. The molecule has 2 N–H and O–H groups in total. The number of hydrogen-bond acceptors (Lipinski definition) is 3. The van der Waals surface area contributed by atoms with Crippen LogP contribution in [0, 0.1) is 17.8 Å². The Balaban J connectivity index is 1.38. The molecule has 4 heteroatoms. The molecule has 0 radical (unpaired) electrons. The van der Waals surface area contributed by atoms with Crippen molar-refractivity contribution in [3.8, 4) is 0 Å². The van der Waals surface area contributed by atoms with Crippen LogP contribution in [0.4, 0.5) is 0 Å². The number of furan rings is 1. The number of hydrogen-bond donors (Lipinski definition) is 2. The smallest absolute Gasteiger partial charge is 0.287 e. The molecule has 1 unspecified atom stereocenters. The summed E-state index contributed by atoms with van der Waals surface area (Å²) in [6.07, 6.45) is 4.92. The largest absolute Gasteiger partial charge is 0.451 e. The molecular formula is C19H21NO3. The Morgan fingerprint density at radius 1 is 1.17 bits per heavy atom. The molecule has 0 saturated heterocycles. The molecule has 4 fully saturated rings. The summed E-state index contributed by atoms with van der Waals surface area (Å²) < 4.78 is 5.68. The van der Waals surface area contributed by atoms with Crippen molar-refractivity contribution in [3.05, 3.63) is 36.1 Å². The Labute approximate surface area is 134 Å². The average molecular weight is 311 g/mol. The second kappa shape index (κ2) is 4.60. The van der Waals surface area contributed by atoms with Gasteiger partial charge in [-0.1, -0.05) is 18.2 Å². The Bertz CT molecular complexity index is 731. The number of nitrogens with one attached hydrogen (secondary N) is 1. The van der Waals surface area contributed by atoms with Crippen molar-refractivity contribution >= 4 is 16.9 Å². The van der Waals surface area contributed by atoms with Gasteiger partial charge < -0.3 is 14.8 Å². The summed E-state index contributed by atoms with van der Waals surface area (Å²) >= 11 is 0. The highest BCUT2D eigenvalue weighted by Gasteiger charge is 2.55. The molecule has 6 rings (SSSR count). The fourth-order valence-electron chi connectivity index (χ4n) is 5.53. The van der Waals surface area contributed by atoms with Crippen LogP contribution in [0.15, 0.2) is 34.7 Å². The summed E-state index contributed by atoms with van der Waals surface area (Å²) in [7, 11) is 0. The van der Waals surface area contributed by atoms with Gasteiger partial charge in [0, 0.05) is 11.4 Å². The molecule has 5 atom stereocenters. The first-order valence-electron chi connectivity index (χ1n) is 8.61. The van der Waals surface area contributed by atoms with Crippen LogP contribution in [-0.4, -0.2) is 22.7 Å². The summed E-state index contributed by atoms with van der Waals surface area (Å²) in [6, 6.07) is 9.68. The molecule has 1 aromatic heterocycles. The van der Waals surface area contributed by atoms with Crippen LogP contribution in [0.3, 0.4) is 0 Å². The van der Waals surface area contributed by atoms with Crippen molar-refractivity contribution in [2.24, 2.45) is 17.8 Å². The molecule has 1 amide bonds. The van der Waals surface area contributed by atoms with E-state index in [4.69, 9.17) is 4.42 Å². The maximum absolute atomic E-state index is 12.6. The quantitative estimate of drug-likeness (QED) is 0.896. The molecule has 4 saturated carbocycles. The predicted molar refractivity (Wildman–Crippen MR) is 86.0 cm³/mol. The zero-order valence-corrected chi connectivity index (χ0v) is 13.0. The van der Waals surface area contributed by atoms with E-state index in [1.54, 1.807) is 0 Å². The second-order valence-corrected chi connectivity index (χ2v) is 7.84. The van der Waals surface area contributed by atoms with Gasteiger partial charge in [0.15, 0.2) is 5.76 Å². The van der Waals surface area contributed by atoms with Gasteiger partial charge in [0.05, 0.1) is 5.60 Å². The molecule has 23 heavy (non-hydrogen) atoms. The van der Waals surface area contributed by atoms with Gasteiger partial charge in [-0.25, -0.2) is 0 Å². The molecule has 0 spiro atoms. The number of amides is 1. The lowest BCUT2D eigenvalue weighted by atomic mass is 9.52. The van der Waals surface area contributed by atoms with Gasteiger partial charge in [-0.05, 0) is 62.0 Å². The predicted octanol–water partition coefficient (Wildman–Crippen LogP) is 3.10. The van der Waals surface area contributed by atoms with Crippen LogP contribution in [0.25, 0.3) is 11.0 Å². The van der Waals surface area contributed by atoms with Gasteiger partial charge in [-0.3, -0.25) is 4.79 Å². The van der Waals surface area contributed by atoms with Gasteiger partial charge in [-0.15, -0.1) is 0 Å². The van der Waals surface area contributed by atoms with Crippen LogP contribution in [0.1, 0.15) is 42.7 Å². The summed E-state index contributed by atoms with van der Waals surface area (Å²) in [6.45, 7) is 0. The van der Waals surface area contributed by atoms with Gasteiger partial charge in [0.25, 0.3) is 5.91 Å². The highest BCUT2D eigenvalue weighted by Crippen LogP contribution is 2.55. The average Bonchev–Trinajstić information content (AvgIpc) is 2.93. The molecule has 4 bridgehead atoms. The van der Waals surface area contributed by atoms with Gasteiger partial charge in [0.1, 0.15) is 5.58 Å². The van der Waals surface area contributed by atoms with E-state index in [0.717, 1.165) is 43.1 Å². The standard InChI is InChI=1S/C19H21NO3/c21-18(16-7-12-3-1-2-4-15(12)23-16)20-17-13-5-11-6-14(17)10-19(22,8-11)9-13/h1-4,7,11,13-14,17,22H,5-6,8-10H2,(H,20,21)/t11?,13-,14+,17+,19+. The number of fused-ring (bicyclic) bond motifs is 1. The van der Waals surface area contributed by atoms with E-state index in [9.17, 15) is 9.90 Å². The fourth-order valence-corrected chi connectivity index (χ4v) is 5.53. The van der Waals surface area contributed by atoms with Crippen molar-refractivity contribution < 1.29 is 14.3 Å². The first-order valence-corrected chi connectivity index (χ1v) is 8.61. The second-order valence-electron chi connectivity index (χ2n) is 7.84. The third-order valence-corrected chi connectivity index (χ3v) is 6.19. The topological polar surface area (TPSA) is 62.5 Å². The summed E-state index contributed by atoms with van der Waals surface area (Å²) in [5.41, 5.74) is 0.286. The molecular weight excluding hydrogens is 290 g/mol. The van der Waals surface area contributed by atoms with Crippen molar-refractivity contribution in [1.29, 1.82) is 0 Å². The van der Waals surface area contributed by atoms with Crippen LogP contribution in [0.5, 0.6) is 0 Å². The maximum Gasteiger partial charge on any atom is 0.287 e. The third kappa shape index (κ3) is 2.12. The minimum Gasteiger partial charge on any atom is -0.451 e. The number of carbonyl (C=O) groups excluding carboxylic acids is 1. The Morgan fingerprint density at radius 3 is 2.61 bits per heavy atom. The van der Waals surface area contributed by atoms with Gasteiger partial charge >= 0.3 is 0 Å². The van der Waals surface area contributed by atoms with Crippen molar-refractivity contribution in [2.75, 3.05) is 0 Å². The van der Waals surface area contributed by atoms with E-state index in [1.165, 1.54) is 0 Å². The highest BCUT2D eigenvalue weighted by molar-refractivity contribution is 5.96. The number of benzene rings is 1. The van der Waals surface area contributed by atoms with E-state index in [1.807, 2.05) is 30.3 Å². The molecule has 4 aliphatic carbocycles. The first kappa shape index (κ1) is 13.6. The summed E-state index contributed by atoms with van der Waals surface area (Å²) in [5.74, 6) is 1.75. The van der Waals surface area contributed by atoms with Crippen molar-refractivity contribution in [3.63, 3.8) is 0 Å². The van der Waals surface area contributed by atoms with E-state index in [2.05, 4.69) is 5.32 Å². The molecule has 120 valence electrons. The molecule has 1 aromatic carbocycles. The number of aliphatic hydroxyl groups is 1. The molecule has 4 aliphatic rings. The number of carbonyl (C=O) groups is 1. The van der Waals surface area contributed by atoms with Crippen molar-refractivity contribution in [2.45, 2.75) is 43.7 Å². The van der Waals surface area contributed by atoms with Crippen LogP contribution in [0.2, 0.25) is 0 Å². The van der Waals surface area contributed by atoms with Gasteiger partial charge in [0.2, 0.25) is 0 Å². The lowest BCUT2D eigenvalue weighted by Crippen LogP contribution is -2.61. The Morgan fingerprint density at radius 2 is 1.91 bits per heavy atom. The normalized spacial score (nSPS) is 38.1. The van der Waals surface area contributed by atoms with Crippen LogP contribution < -0.4 is 5.32 Å². The lowest BCUT2D eigenvalue weighted by molar-refractivity contribution is -0.137. The Kier molecular flexibility index (Phi) is 2.72. The molecule has 2 aromatic rings. The monoisotopic (exact) mass is 311 g/mol. The van der Waals surface area contributed by atoms with E-state index >= 15 is 0 Å². The van der Waals surface area contributed by atoms with E-state index < -0.39 is 5.60 Å².